The van der Waals surface area contributed by atoms with Crippen LogP contribution < -0.4 is 50.3 Å². The smallest absolute Gasteiger partial charge is 0.261 e. The fourth-order valence-electron chi connectivity index (χ4n) is 7.87. The van der Waals surface area contributed by atoms with Gasteiger partial charge < -0.3 is 33.1 Å². The van der Waals surface area contributed by atoms with E-state index < -0.39 is 15.6 Å². The molecule has 0 spiro atoms. The van der Waals surface area contributed by atoms with Crippen molar-refractivity contribution >= 4 is 41.9 Å². The monoisotopic (exact) mass is 798 g/mol. The Labute approximate surface area is 314 Å². The van der Waals surface area contributed by atoms with Crippen molar-refractivity contribution in [1.29, 1.82) is 0 Å². The SMILES string of the molecule is CC(C)(C)[Si](OC[C@@H]1CC[C@@H](CCCCC[P+](c2ccccc2)(c2ccccc2)c2ccccc2)O1)(c1ccccc1)c1ccccc1.[I-]. The number of hydrogen-bond acceptors (Lipinski definition) is 2. The molecule has 1 fully saturated rings. The van der Waals surface area contributed by atoms with E-state index in [1.165, 1.54) is 51.7 Å². The van der Waals surface area contributed by atoms with E-state index in [1.54, 1.807) is 0 Å². The summed E-state index contributed by atoms with van der Waals surface area (Å²) in [5.41, 5.74) is 0. The molecule has 1 heterocycles. The van der Waals surface area contributed by atoms with E-state index in [1.807, 2.05) is 0 Å². The minimum Gasteiger partial charge on any atom is -1.00 e. The zero-order valence-corrected chi connectivity index (χ0v) is 33.4. The van der Waals surface area contributed by atoms with Gasteiger partial charge in [0.2, 0.25) is 0 Å². The van der Waals surface area contributed by atoms with E-state index in [-0.39, 0.29) is 35.1 Å². The van der Waals surface area contributed by atoms with E-state index in [0.717, 1.165) is 19.3 Å². The molecule has 1 aliphatic rings. The molecular weight excluding hydrogens is 746 g/mol. The number of ether oxygens (including phenoxy) is 1. The molecule has 2 nitrogen and oxygen atoms in total. The molecule has 0 amide bonds. The third-order valence-electron chi connectivity index (χ3n) is 10.2. The van der Waals surface area contributed by atoms with Crippen LogP contribution in [0.3, 0.4) is 0 Å². The van der Waals surface area contributed by atoms with Crippen molar-refractivity contribution in [1.82, 2.24) is 0 Å². The Balaban J connectivity index is 0.00000468. The van der Waals surface area contributed by atoms with Crippen LogP contribution in [-0.2, 0) is 9.16 Å². The van der Waals surface area contributed by atoms with Gasteiger partial charge in [-0.25, -0.2) is 0 Å². The van der Waals surface area contributed by atoms with Crippen LogP contribution in [0.1, 0.15) is 59.3 Å². The standard InChI is InChI=1S/C44H52O2PSi.HI/c1-44(2,3)48(42-29-17-7-18-30-42,43-31-19-8-20-32-43)45-36-38-34-33-37(46-38)22-10-9-21-35-47(39-23-11-4-12-24-39,40-25-13-5-14-26-40)41-27-15-6-16-28-41;/h4-8,11-20,23-32,37-38H,9-10,21-22,33-36H2,1-3H3;1H/q+1;/p-1/t37-,38+;/m1./s1. The van der Waals surface area contributed by atoms with Gasteiger partial charge in [-0.05, 0) is 83.9 Å². The van der Waals surface area contributed by atoms with Crippen LogP contribution in [0.2, 0.25) is 5.04 Å². The third kappa shape index (κ3) is 8.48. The van der Waals surface area contributed by atoms with Crippen molar-refractivity contribution in [2.75, 3.05) is 12.8 Å². The summed E-state index contributed by atoms with van der Waals surface area (Å²) in [6.45, 7) is 7.70. The molecule has 0 N–H and O–H groups in total. The molecule has 0 aliphatic carbocycles. The summed E-state index contributed by atoms with van der Waals surface area (Å²) in [7, 11) is -4.32. The molecule has 49 heavy (non-hydrogen) atoms. The largest absolute Gasteiger partial charge is 1.00 e. The Morgan fingerprint density at radius 3 is 1.41 bits per heavy atom. The average Bonchev–Trinajstić information content (AvgIpc) is 3.59. The summed E-state index contributed by atoms with van der Waals surface area (Å²) >= 11 is 0. The summed E-state index contributed by atoms with van der Waals surface area (Å²) in [4.78, 5) is 0. The second kappa shape index (κ2) is 17.6. The maximum Gasteiger partial charge on any atom is 0.261 e. The molecule has 1 aliphatic heterocycles. The summed E-state index contributed by atoms with van der Waals surface area (Å²) in [6.07, 6.45) is 8.63. The van der Waals surface area contributed by atoms with Gasteiger partial charge in [0.1, 0.15) is 23.2 Å². The van der Waals surface area contributed by atoms with Crippen LogP contribution >= 0.6 is 7.26 Å². The normalized spacial score (nSPS) is 16.6. The molecule has 5 aromatic rings. The highest BCUT2D eigenvalue weighted by Gasteiger charge is 2.50. The number of hydrogen-bond donors (Lipinski definition) is 0. The van der Waals surface area contributed by atoms with Gasteiger partial charge in [-0.15, -0.1) is 0 Å². The van der Waals surface area contributed by atoms with Gasteiger partial charge in [-0.2, -0.15) is 0 Å². The molecule has 2 atom stereocenters. The third-order valence-corrected chi connectivity index (χ3v) is 19.7. The second-order valence-corrected chi connectivity index (χ2v) is 22.2. The van der Waals surface area contributed by atoms with Gasteiger partial charge in [0.05, 0.1) is 25.0 Å². The number of rotatable bonds is 14. The molecule has 0 radical (unpaired) electrons. The Morgan fingerprint density at radius 2 is 0.980 bits per heavy atom. The maximum atomic E-state index is 7.22. The number of unbranched alkanes of at least 4 members (excludes halogenated alkanes) is 2. The Bertz CT molecular complexity index is 1530. The van der Waals surface area contributed by atoms with Gasteiger partial charge in [0, 0.05) is 0 Å². The predicted molar refractivity (Wildman–Crippen MR) is 210 cm³/mol. The van der Waals surface area contributed by atoms with Crippen LogP contribution in [0.5, 0.6) is 0 Å². The van der Waals surface area contributed by atoms with Crippen molar-refractivity contribution in [2.24, 2.45) is 0 Å². The molecule has 0 bridgehead atoms. The van der Waals surface area contributed by atoms with E-state index in [4.69, 9.17) is 9.16 Å². The summed E-state index contributed by atoms with van der Waals surface area (Å²) < 4.78 is 13.9. The second-order valence-electron chi connectivity index (χ2n) is 14.3. The van der Waals surface area contributed by atoms with Gasteiger partial charge in [-0.1, -0.05) is 142 Å². The van der Waals surface area contributed by atoms with E-state index >= 15 is 0 Å². The molecule has 256 valence electrons. The zero-order valence-electron chi connectivity index (χ0n) is 29.4. The molecule has 6 rings (SSSR count). The highest BCUT2D eigenvalue weighted by atomic mass is 127. The van der Waals surface area contributed by atoms with Crippen LogP contribution in [-0.4, -0.2) is 33.3 Å². The lowest BCUT2D eigenvalue weighted by molar-refractivity contribution is -0.0000179. The van der Waals surface area contributed by atoms with Gasteiger partial charge in [0.25, 0.3) is 8.32 Å². The molecule has 0 unspecified atom stereocenters. The van der Waals surface area contributed by atoms with Crippen molar-refractivity contribution in [2.45, 2.75) is 76.5 Å². The summed E-state index contributed by atoms with van der Waals surface area (Å²) in [5.74, 6) is 0. The molecule has 5 heteroatoms. The van der Waals surface area contributed by atoms with E-state index in [0.29, 0.717) is 12.7 Å². The summed E-state index contributed by atoms with van der Waals surface area (Å²) in [5, 5.41) is 7.07. The summed E-state index contributed by atoms with van der Waals surface area (Å²) in [6, 6.07) is 55.7. The Morgan fingerprint density at radius 1 is 0.571 bits per heavy atom. The quantitative estimate of drug-likeness (QED) is 0.0625. The van der Waals surface area contributed by atoms with E-state index in [9.17, 15) is 0 Å². The van der Waals surface area contributed by atoms with Gasteiger partial charge >= 0.3 is 0 Å². The first-order valence-corrected chi connectivity index (χ1v) is 21.8. The van der Waals surface area contributed by atoms with Crippen LogP contribution in [0.15, 0.2) is 152 Å². The average molecular weight is 799 g/mol. The molecular formula is C44H52IO2PSi. The number of halogens is 1. The molecule has 5 aromatic carbocycles. The highest BCUT2D eigenvalue weighted by Crippen LogP contribution is 2.56. The van der Waals surface area contributed by atoms with Crippen molar-refractivity contribution in [3.8, 4) is 0 Å². The first-order valence-electron chi connectivity index (χ1n) is 17.9. The molecule has 1 saturated heterocycles. The lowest BCUT2D eigenvalue weighted by Crippen LogP contribution is -3.00. The maximum absolute atomic E-state index is 7.22. The highest BCUT2D eigenvalue weighted by molar-refractivity contribution is 7.95. The Kier molecular flexibility index (Phi) is 13.5. The fraction of sp³-hybridized carbons (Fsp3) is 0.318. The first kappa shape index (κ1) is 37.6. The van der Waals surface area contributed by atoms with Crippen molar-refractivity contribution in [3.63, 3.8) is 0 Å². The zero-order chi connectivity index (χ0) is 33.3. The number of benzene rings is 5. The fourth-order valence-corrected chi connectivity index (χ4v) is 16.9. The molecule has 0 aromatic heterocycles. The van der Waals surface area contributed by atoms with Gasteiger partial charge in [0.15, 0.2) is 0 Å². The minimum absolute atomic E-state index is 0. The lowest BCUT2D eigenvalue weighted by atomic mass is 10.1. The molecule has 0 saturated carbocycles. The van der Waals surface area contributed by atoms with Gasteiger partial charge in [-0.3, -0.25) is 0 Å². The van der Waals surface area contributed by atoms with Crippen LogP contribution in [0.4, 0.5) is 0 Å². The first-order chi connectivity index (χ1) is 23.4. The lowest BCUT2D eigenvalue weighted by Gasteiger charge is -2.43. The minimum atomic E-state index is -2.55. The topological polar surface area (TPSA) is 18.5 Å². The van der Waals surface area contributed by atoms with Crippen molar-refractivity contribution < 1.29 is 33.1 Å². The van der Waals surface area contributed by atoms with Crippen LogP contribution in [0, 0.1) is 0 Å². The van der Waals surface area contributed by atoms with E-state index in [2.05, 4.69) is 172 Å². The Hall–Kier alpha value is -2.60. The van der Waals surface area contributed by atoms with Crippen molar-refractivity contribution in [3.05, 3.63) is 152 Å². The predicted octanol–water partition coefficient (Wildman–Crippen LogP) is 5.67. The van der Waals surface area contributed by atoms with Crippen LogP contribution in [0.25, 0.3) is 0 Å².